The molecule has 1 aromatic heterocycles. The Morgan fingerprint density at radius 3 is 2.39 bits per heavy atom. The summed E-state index contributed by atoms with van der Waals surface area (Å²) >= 11 is 1.43. The van der Waals surface area contributed by atoms with Crippen LogP contribution in [0.25, 0.3) is 5.57 Å². The summed E-state index contributed by atoms with van der Waals surface area (Å²) < 4.78 is 5.17. The number of methoxy groups -OCH3 is 1. The number of carbonyl (C=O) groups excluding carboxylic acids is 2. The van der Waals surface area contributed by atoms with E-state index >= 15 is 0 Å². The molecule has 140 valence electrons. The van der Waals surface area contributed by atoms with Gasteiger partial charge in [-0.2, -0.15) is 0 Å². The molecule has 0 saturated heterocycles. The van der Waals surface area contributed by atoms with Crippen molar-refractivity contribution in [3.05, 3.63) is 82.2 Å². The van der Waals surface area contributed by atoms with Gasteiger partial charge in [0.1, 0.15) is 11.4 Å². The summed E-state index contributed by atoms with van der Waals surface area (Å²) in [6, 6.07) is 18.3. The van der Waals surface area contributed by atoms with Crippen LogP contribution in [0, 0.1) is 6.92 Å². The van der Waals surface area contributed by atoms with Crippen LogP contribution in [-0.2, 0) is 9.59 Å². The third-order valence-corrected chi connectivity index (χ3v) is 5.36. The molecular formula is C22H18N2O3S. The van der Waals surface area contributed by atoms with Gasteiger partial charge in [0.05, 0.1) is 18.4 Å². The smallest absolute Gasteiger partial charge is 0.282 e. The number of ether oxygens (including phenoxy) is 1. The number of nitrogens with zero attached hydrogens (tertiary/aromatic N) is 1. The first-order valence-electron chi connectivity index (χ1n) is 8.73. The van der Waals surface area contributed by atoms with Gasteiger partial charge in [0.25, 0.3) is 11.8 Å². The second kappa shape index (κ2) is 7.32. The van der Waals surface area contributed by atoms with Crippen LogP contribution in [0.15, 0.2) is 71.7 Å². The minimum atomic E-state index is -0.375. The maximum Gasteiger partial charge on any atom is 0.282 e. The number of aryl methyl sites for hydroxylation is 1. The maximum absolute atomic E-state index is 13.2. The van der Waals surface area contributed by atoms with Crippen LogP contribution >= 0.6 is 11.3 Å². The SMILES string of the molecule is COc1ccc(N2C(=O)C(Nc3cccc(C)c3)=C(c3cccs3)C2=O)cc1. The van der Waals surface area contributed by atoms with E-state index in [0.29, 0.717) is 17.0 Å². The Hall–Kier alpha value is -3.38. The predicted molar refractivity (Wildman–Crippen MR) is 112 cm³/mol. The average molecular weight is 390 g/mol. The minimum absolute atomic E-state index is 0.286. The molecule has 1 aliphatic heterocycles. The Kier molecular flexibility index (Phi) is 4.71. The van der Waals surface area contributed by atoms with E-state index in [9.17, 15) is 9.59 Å². The average Bonchev–Trinajstić information content (AvgIpc) is 3.29. The zero-order valence-corrected chi connectivity index (χ0v) is 16.2. The number of amides is 2. The number of hydrogen-bond donors (Lipinski definition) is 1. The second-order valence-corrected chi connectivity index (χ2v) is 7.31. The van der Waals surface area contributed by atoms with Crippen LogP contribution in [-0.4, -0.2) is 18.9 Å². The van der Waals surface area contributed by atoms with Gasteiger partial charge in [-0.1, -0.05) is 18.2 Å². The number of imide groups is 1. The number of nitrogens with one attached hydrogen (secondary N) is 1. The summed E-state index contributed by atoms with van der Waals surface area (Å²) in [4.78, 5) is 28.4. The van der Waals surface area contributed by atoms with Crippen molar-refractivity contribution >= 4 is 40.1 Å². The molecule has 1 aliphatic rings. The summed E-state index contributed by atoms with van der Waals surface area (Å²) in [5, 5.41) is 5.06. The van der Waals surface area contributed by atoms with Crippen LogP contribution < -0.4 is 15.0 Å². The first-order chi connectivity index (χ1) is 13.6. The Balaban J connectivity index is 1.77. The van der Waals surface area contributed by atoms with Crippen molar-refractivity contribution in [1.82, 2.24) is 0 Å². The summed E-state index contributed by atoms with van der Waals surface area (Å²) in [6.07, 6.45) is 0. The van der Waals surface area contributed by atoms with Crippen LogP contribution in [0.1, 0.15) is 10.4 Å². The molecule has 0 bridgehead atoms. The summed E-state index contributed by atoms with van der Waals surface area (Å²) in [6.45, 7) is 1.98. The molecule has 0 fully saturated rings. The Labute approximate surface area is 166 Å². The molecule has 2 amide bonds. The van der Waals surface area contributed by atoms with E-state index in [1.54, 1.807) is 31.4 Å². The van der Waals surface area contributed by atoms with Gasteiger partial charge >= 0.3 is 0 Å². The maximum atomic E-state index is 13.2. The predicted octanol–water partition coefficient (Wildman–Crippen LogP) is 4.46. The van der Waals surface area contributed by atoms with Gasteiger partial charge in [-0.3, -0.25) is 9.59 Å². The molecule has 2 heterocycles. The molecule has 0 radical (unpaired) electrons. The molecule has 0 unspecified atom stereocenters. The molecule has 5 nitrogen and oxygen atoms in total. The molecule has 0 aliphatic carbocycles. The number of anilines is 2. The normalized spacial score (nSPS) is 14.0. The molecule has 0 saturated carbocycles. The lowest BCUT2D eigenvalue weighted by atomic mass is 10.1. The third kappa shape index (κ3) is 3.18. The summed E-state index contributed by atoms with van der Waals surface area (Å²) in [5.74, 6) is -0.0553. The number of carbonyl (C=O) groups is 2. The van der Waals surface area contributed by atoms with Gasteiger partial charge in [-0.15, -0.1) is 11.3 Å². The molecular weight excluding hydrogens is 372 g/mol. The molecule has 0 spiro atoms. The monoisotopic (exact) mass is 390 g/mol. The highest BCUT2D eigenvalue weighted by Gasteiger charge is 2.40. The topological polar surface area (TPSA) is 58.6 Å². The van der Waals surface area contributed by atoms with Crippen molar-refractivity contribution in [1.29, 1.82) is 0 Å². The summed E-state index contributed by atoms with van der Waals surface area (Å²) in [5.41, 5.74) is 3.01. The van der Waals surface area contributed by atoms with E-state index in [2.05, 4.69) is 5.32 Å². The van der Waals surface area contributed by atoms with Crippen LogP contribution in [0.3, 0.4) is 0 Å². The number of hydrogen-bond acceptors (Lipinski definition) is 5. The molecule has 6 heteroatoms. The van der Waals surface area contributed by atoms with E-state index in [4.69, 9.17) is 4.74 Å². The highest BCUT2D eigenvalue weighted by molar-refractivity contribution is 7.11. The van der Waals surface area contributed by atoms with Crippen molar-refractivity contribution in [2.45, 2.75) is 6.92 Å². The van der Waals surface area contributed by atoms with E-state index < -0.39 is 0 Å². The van der Waals surface area contributed by atoms with Crippen molar-refractivity contribution in [3.63, 3.8) is 0 Å². The molecule has 2 aromatic carbocycles. The van der Waals surface area contributed by atoms with Gasteiger partial charge in [-0.25, -0.2) is 4.90 Å². The highest BCUT2D eigenvalue weighted by Crippen LogP contribution is 2.36. The van der Waals surface area contributed by atoms with Crippen LogP contribution in [0.5, 0.6) is 5.75 Å². The van der Waals surface area contributed by atoms with Gasteiger partial charge < -0.3 is 10.1 Å². The lowest BCUT2D eigenvalue weighted by molar-refractivity contribution is -0.120. The molecule has 0 atom stereocenters. The van der Waals surface area contributed by atoms with Crippen molar-refractivity contribution < 1.29 is 14.3 Å². The first-order valence-corrected chi connectivity index (χ1v) is 9.61. The van der Waals surface area contributed by atoms with Gasteiger partial charge in [0.15, 0.2) is 0 Å². The fraction of sp³-hybridized carbons (Fsp3) is 0.0909. The number of rotatable bonds is 5. The van der Waals surface area contributed by atoms with Gasteiger partial charge in [0, 0.05) is 10.6 Å². The zero-order chi connectivity index (χ0) is 19.7. The highest BCUT2D eigenvalue weighted by atomic mass is 32.1. The molecule has 4 rings (SSSR count). The summed E-state index contributed by atoms with van der Waals surface area (Å²) in [7, 11) is 1.57. The Morgan fingerprint density at radius 2 is 1.75 bits per heavy atom. The van der Waals surface area contributed by atoms with E-state index in [0.717, 1.165) is 16.1 Å². The van der Waals surface area contributed by atoms with Crippen LogP contribution in [0.2, 0.25) is 0 Å². The van der Waals surface area contributed by atoms with Gasteiger partial charge in [0.2, 0.25) is 0 Å². The second-order valence-electron chi connectivity index (χ2n) is 6.37. The molecule has 28 heavy (non-hydrogen) atoms. The van der Waals surface area contributed by atoms with E-state index in [1.807, 2.05) is 48.7 Å². The number of thiophene rings is 1. The lowest BCUT2D eigenvalue weighted by Gasteiger charge is -2.15. The van der Waals surface area contributed by atoms with Crippen molar-refractivity contribution in [3.8, 4) is 5.75 Å². The van der Waals surface area contributed by atoms with Crippen LogP contribution in [0.4, 0.5) is 11.4 Å². The fourth-order valence-electron chi connectivity index (χ4n) is 3.13. The first kappa shape index (κ1) is 18.0. The Bertz CT molecular complexity index is 1070. The molecule has 1 N–H and O–H groups in total. The number of benzene rings is 2. The molecule has 3 aromatic rings. The van der Waals surface area contributed by atoms with Crippen molar-refractivity contribution in [2.24, 2.45) is 0 Å². The van der Waals surface area contributed by atoms with E-state index in [-0.39, 0.29) is 17.5 Å². The standard InChI is InChI=1S/C22H18N2O3S/c1-14-5-3-6-15(13-14)23-20-19(18-7-4-12-28-18)21(25)24(22(20)26)16-8-10-17(27-2)11-9-16/h3-13,23H,1-2H3. The third-order valence-electron chi connectivity index (χ3n) is 4.47. The largest absolute Gasteiger partial charge is 0.497 e. The fourth-order valence-corrected chi connectivity index (χ4v) is 3.90. The quantitative estimate of drug-likeness (QED) is 0.654. The zero-order valence-electron chi connectivity index (χ0n) is 15.4. The lowest BCUT2D eigenvalue weighted by Crippen LogP contribution is -2.32. The van der Waals surface area contributed by atoms with Crippen molar-refractivity contribution in [2.75, 3.05) is 17.3 Å². The minimum Gasteiger partial charge on any atom is -0.497 e. The Morgan fingerprint density at radius 1 is 0.964 bits per heavy atom. The van der Waals surface area contributed by atoms with Gasteiger partial charge in [-0.05, 0) is 60.3 Å². The van der Waals surface area contributed by atoms with E-state index in [1.165, 1.54) is 16.2 Å².